The van der Waals surface area contributed by atoms with Gasteiger partial charge in [0.15, 0.2) is 6.10 Å². The SMILES string of the molecule is CC/C=C\C/C=C\C/C=C\C/C=C\CCC(=O)OC(COC(=O)CCCCCCC)COC(=O)CCCCCCCCCCCCCCCCCCCCCCC. The number of unbranched alkanes of at least 4 members (excludes halogenated alkanes) is 24. The summed E-state index contributed by atoms with van der Waals surface area (Å²) in [4.78, 5) is 37.5. The largest absolute Gasteiger partial charge is 0.462 e. The Bertz CT molecular complexity index is 1010. The van der Waals surface area contributed by atoms with E-state index >= 15 is 0 Å². The summed E-state index contributed by atoms with van der Waals surface area (Å²) in [5, 5.41) is 0. The molecule has 0 aliphatic rings. The number of allylic oxidation sites excluding steroid dienone is 8. The van der Waals surface area contributed by atoms with Crippen molar-refractivity contribution in [2.75, 3.05) is 13.2 Å². The van der Waals surface area contributed by atoms with Crippen molar-refractivity contribution in [1.82, 2.24) is 0 Å². The molecule has 0 fully saturated rings. The average molecular weight is 799 g/mol. The van der Waals surface area contributed by atoms with Crippen LogP contribution in [0.15, 0.2) is 48.6 Å². The van der Waals surface area contributed by atoms with Crippen molar-refractivity contribution in [3.8, 4) is 0 Å². The zero-order valence-corrected chi connectivity index (χ0v) is 37.6. The fraction of sp³-hybridized carbons (Fsp3) is 0.784. The van der Waals surface area contributed by atoms with Crippen LogP contribution < -0.4 is 0 Å². The van der Waals surface area contributed by atoms with Gasteiger partial charge in [-0.3, -0.25) is 14.4 Å². The fourth-order valence-electron chi connectivity index (χ4n) is 6.75. The van der Waals surface area contributed by atoms with Gasteiger partial charge in [-0.2, -0.15) is 0 Å². The summed E-state index contributed by atoms with van der Waals surface area (Å²) >= 11 is 0. The number of carbonyl (C=O) groups is 3. The number of hydrogen-bond acceptors (Lipinski definition) is 6. The van der Waals surface area contributed by atoms with Crippen molar-refractivity contribution in [3.63, 3.8) is 0 Å². The van der Waals surface area contributed by atoms with Crippen molar-refractivity contribution >= 4 is 17.9 Å². The molecule has 0 aromatic rings. The fourth-order valence-corrected chi connectivity index (χ4v) is 6.75. The monoisotopic (exact) mass is 799 g/mol. The van der Waals surface area contributed by atoms with Gasteiger partial charge in [0.1, 0.15) is 13.2 Å². The van der Waals surface area contributed by atoms with E-state index in [4.69, 9.17) is 14.2 Å². The van der Waals surface area contributed by atoms with E-state index in [9.17, 15) is 14.4 Å². The minimum Gasteiger partial charge on any atom is -0.462 e. The van der Waals surface area contributed by atoms with E-state index in [1.165, 1.54) is 122 Å². The molecule has 6 nitrogen and oxygen atoms in total. The molecule has 0 aromatic carbocycles. The van der Waals surface area contributed by atoms with E-state index in [2.05, 4.69) is 57.2 Å². The van der Waals surface area contributed by atoms with Crippen LogP contribution in [0.3, 0.4) is 0 Å². The van der Waals surface area contributed by atoms with Gasteiger partial charge < -0.3 is 14.2 Å². The van der Waals surface area contributed by atoms with Crippen LogP contribution in [0.25, 0.3) is 0 Å². The highest BCUT2D eigenvalue weighted by Gasteiger charge is 2.19. The molecule has 0 rings (SSSR count). The van der Waals surface area contributed by atoms with Gasteiger partial charge in [0.2, 0.25) is 0 Å². The molecule has 0 saturated carbocycles. The molecule has 0 amide bonds. The molecule has 1 atom stereocenters. The van der Waals surface area contributed by atoms with Crippen molar-refractivity contribution in [3.05, 3.63) is 48.6 Å². The van der Waals surface area contributed by atoms with E-state index in [1.54, 1.807) is 0 Å². The quantitative estimate of drug-likeness (QED) is 0.0265. The maximum atomic E-state index is 12.6. The van der Waals surface area contributed by atoms with Crippen LogP contribution in [0.5, 0.6) is 0 Å². The second-order valence-electron chi connectivity index (χ2n) is 16.0. The zero-order valence-electron chi connectivity index (χ0n) is 37.6. The lowest BCUT2D eigenvalue weighted by Gasteiger charge is -2.18. The maximum Gasteiger partial charge on any atom is 0.306 e. The van der Waals surface area contributed by atoms with E-state index in [0.29, 0.717) is 19.3 Å². The first-order chi connectivity index (χ1) is 28.0. The maximum absolute atomic E-state index is 12.6. The highest BCUT2D eigenvalue weighted by Crippen LogP contribution is 2.16. The number of ether oxygens (including phenoxy) is 3. The Morgan fingerprint density at radius 3 is 1.04 bits per heavy atom. The van der Waals surface area contributed by atoms with Crippen LogP contribution in [0.2, 0.25) is 0 Å². The predicted molar refractivity (Wildman–Crippen MR) is 242 cm³/mol. The molecule has 0 spiro atoms. The number of carbonyl (C=O) groups excluding carboxylic acids is 3. The van der Waals surface area contributed by atoms with Gasteiger partial charge in [0.05, 0.1) is 0 Å². The third-order valence-electron chi connectivity index (χ3n) is 10.4. The molecule has 330 valence electrons. The molecule has 0 bridgehead atoms. The Balaban J connectivity index is 4.16. The molecular formula is C51H90O6. The first-order valence-corrected chi connectivity index (χ1v) is 24.1. The third kappa shape index (κ3) is 44.3. The lowest BCUT2D eigenvalue weighted by Crippen LogP contribution is -2.30. The predicted octanol–water partition coefficient (Wildman–Crippen LogP) is 15.5. The molecule has 6 heteroatoms. The molecular weight excluding hydrogens is 709 g/mol. The molecule has 1 unspecified atom stereocenters. The lowest BCUT2D eigenvalue weighted by atomic mass is 10.0. The summed E-state index contributed by atoms with van der Waals surface area (Å²) in [6.07, 6.45) is 54.4. The smallest absolute Gasteiger partial charge is 0.306 e. The van der Waals surface area contributed by atoms with Crippen LogP contribution in [-0.4, -0.2) is 37.2 Å². The summed E-state index contributed by atoms with van der Waals surface area (Å²) in [6.45, 7) is 6.38. The second kappa shape index (κ2) is 46.1. The minimum absolute atomic E-state index is 0.0996. The Hall–Kier alpha value is -2.63. The summed E-state index contributed by atoms with van der Waals surface area (Å²) in [6, 6.07) is 0. The number of rotatable bonds is 43. The highest BCUT2D eigenvalue weighted by atomic mass is 16.6. The summed E-state index contributed by atoms with van der Waals surface area (Å²) < 4.78 is 16.5. The molecule has 0 N–H and O–H groups in total. The first-order valence-electron chi connectivity index (χ1n) is 24.1. The van der Waals surface area contributed by atoms with Crippen molar-refractivity contribution < 1.29 is 28.6 Å². The van der Waals surface area contributed by atoms with Crippen molar-refractivity contribution in [1.29, 1.82) is 0 Å². The van der Waals surface area contributed by atoms with E-state index in [1.807, 2.05) is 12.2 Å². The Kier molecular flexibility index (Phi) is 43.9. The average Bonchev–Trinajstić information content (AvgIpc) is 3.21. The van der Waals surface area contributed by atoms with Gasteiger partial charge in [-0.05, 0) is 44.9 Å². The minimum atomic E-state index is -0.803. The summed E-state index contributed by atoms with van der Waals surface area (Å²) in [7, 11) is 0. The number of hydrogen-bond donors (Lipinski definition) is 0. The number of esters is 3. The van der Waals surface area contributed by atoms with Crippen LogP contribution in [0.1, 0.15) is 239 Å². The van der Waals surface area contributed by atoms with Crippen LogP contribution in [0.4, 0.5) is 0 Å². The van der Waals surface area contributed by atoms with Crippen molar-refractivity contribution in [2.45, 2.75) is 245 Å². The molecule has 57 heavy (non-hydrogen) atoms. The zero-order chi connectivity index (χ0) is 41.5. The molecule has 0 aliphatic heterocycles. The molecule has 0 radical (unpaired) electrons. The van der Waals surface area contributed by atoms with E-state index in [0.717, 1.165) is 70.6 Å². The molecule has 0 aromatic heterocycles. The van der Waals surface area contributed by atoms with Gasteiger partial charge in [-0.25, -0.2) is 0 Å². The summed E-state index contributed by atoms with van der Waals surface area (Å²) in [5.74, 6) is -0.993. The van der Waals surface area contributed by atoms with E-state index in [-0.39, 0.29) is 31.6 Å². The Labute approximate surface area is 352 Å². The van der Waals surface area contributed by atoms with Crippen LogP contribution in [0, 0.1) is 0 Å². The highest BCUT2D eigenvalue weighted by molar-refractivity contribution is 5.71. The molecule has 0 heterocycles. The third-order valence-corrected chi connectivity index (χ3v) is 10.4. The topological polar surface area (TPSA) is 78.9 Å². The lowest BCUT2D eigenvalue weighted by molar-refractivity contribution is -0.166. The Morgan fingerprint density at radius 2 is 0.684 bits per heavy atom. The van der Waals surface area contributed by atoms with Gasteiger partial charge in [-0.1, -0.05) is 223 Å². The standard InChI is InChI=1S/C51H90O6/c1-4-7-10-13-15-17-19-21-22-23-24-25-26-27-28-30-31-33-35-38-41-44-50(53)56-47-48(46-55-49(52)43-40-37-12-9-6-3)57-51(54)45-42-39-36-34-32-29-20-18-16-14-11-8-5-2/h8,11,16,18,29,32,36,39,48H,4-7,9-10,12-15,17,19-28,30-31,33-35,37-38,40-47H2,1-3H3/b11-8-,18-16-,32-29-,39-36-. The Morgan fingerprint density at radius 1 is 0.368 bits per heavy atom. The normalized spacial score (nSPS) is 12.4. The van der Waals surface area contributed by atoms with E-state index < -0.39 is 12.1 Å². The van der Waals surface area contributed by atoms with Crippen LogP contribution >= 0.6 is 0 Å². The molecule has 0 saturated heterocycles. The second-order valence-corrected chi connectivity index (χ2v) is 16.0. The van der Waals surface area contributed by atoms with Crippen LogP contribution in [-0.2, 0) is 28.6 Å². The van der Waals surface area contributed by atoms with Gasteiger partial charge in [-0.15, -0.1) is 0 Å². The van der Waals surface area contributed by atoms with Crippen molar-refractivity contribution in [2.24, 2.45) is 0 Å². The van der Waals surface area contributed by atoms with Gasteiger partial charge in [0, 0.05) is 19.3 Å². The first kappa shape index (κ1) is 54.4. The van der Waals surface area contributed by atoms with Gasteiger partial charge >= 0.3 is 17.9 Å². The molecule has 0 aliphatic carbocycles. The van der Waals surface area contributed by atoms with Gasteiger partial charge in [0.25, 0.3) is 0 Å². The summed E-state index contributed by atoms with van der Waals surface area (Å²) in [5.41, 5.74) is 0.